The predicted octanol–water partition coefficient (Wildman–Crippen LogP) is 3.52. The Morgan fingerprint density at radius 2 is 1.90 bits per heavy atom. The van der Waals surface area contributed by atoms with Gasteiger partial charge < -0.3 is 5.32 Å². The van der Waals surface area contributed by atoms with Crippen LogP contribution in [0.2, 0.25) is 0 Å². The van der Waals surface area contributed by atoms with E-state index in [-0.39, 0.29) is 0 Å². The monoisotopic (exact) mass is 315 g/mol. The molecule has 4 rings (SSSR count). The maximum atomic E-state index is 4.67. The lowest BCUT2D eigenvalue weighted by Crippen LogP contribution is -1.99. The SMILES string of the molecule is Cc1nc2ccccc2nc1Sc1nnc(NC2CC2)s1. The predicted molar refractivity (Wildman–Crippen MR) is 85.0 cm³/mol. The van der Waals surface area contributed by atoms with Gasteiger partial charge in [0.1, 0.15) is 5.03 Å². The zero-order valence-corrected chi connectivity index (χ0v) is 13.0. The van der Waals surface area contributed by atoms with Gasteiger partial charge in [0.25, 0.3) is 0 Å². The standard InChI is InChI=1S/C14H13N5S2/c1-8-12(17-11-5-3-2-4-10(11)15-8)20-14-19-18-13(21-14)16-9-6-7-9/h2-5,9H,6-7H2,1H3,(H,16,18). The molecule has 0 amide bonds. The number of aryl methyl sites for hydroxylation is 1. The molecule has 106 valence electrons. The summed E-state index contributed by atoms with van der Waals surface area (Å²) >= 11 is 3.10. The van der Waals surface area contributed by atoms with Crippen LogP contribution in [-0.4, -0.2) is 26.2 Å². The van der Waals surface area contributed by atoms with Crippen molar-refractivity contribution >= 4 is 39.3 Å². The molecule has 7 heteroatoms. The van der Waals surface area contributed by atoms with Crippen molar-refractivity contribution < 1.29 is 0 Å². The molecule has 0 bridgehead atoms. The molecule has 0 atom stereocenters. The van der Waals surface area contributed by atoms with Crippen molar-refractivity contribution in [2.45, 2.75) is 35.2 Å². The summed E-state index contributed by atoms with van der Waals surface area (Å²) in [6, 6.07) is 8.50. The van der Waals surface area contributed by atoms with Crippen LogP contribution in [0.5, 0.6) is 0 Å². The van der Waals surface area contributed by atoms with Gasteiger partial charge in [0.15, 0.2) is 4.34 Å². The minimum Gasteiger partial charge on any atom is -0.357 e. The Hall–Kier alpha value is -1.73. The van der Waals surface area contributed by atoms with Gasteiger partial charge in [0.2, 0.25) is 5.13 Å². The van der Waals surface area contributed by atoms with Gasteiger partial charge in [-0.15, -0.1) is 10.2 Å². The maximum absolute atomic E-state index is 4.67. The molecule has 2 heterocycles. The van der Waals surface area contributed by atoms with E-state index in [4.69, 9.17) is 0 Å². The Bertz CT molecular complexity index is 797. The third-order valence-corrected chi connectivity index (χ3v) is 5.18. The molecule has 1 N–H and O–H groups in total. The summed E-state index contributed by atoms with van der Waals surface area (Å²) in [6.45, 7) is 1.98. The molecule has 1 aliphatic carbocycles. The molecule has 1 aromatic carbocycles. The fourth-order valence-corrected chi connectivity index (χ4v) is 3.74. The quantitative estimate of drug-likeness (QED) is 0.795. The molecule has 0 radical (unpaired) electrons. The van der Waals surface area contributed by atoms with Crippen LogP contribution >= 0.6 is 23.1 Å². The average Bonchev–Trinajstić information content (AvgIpc) is 3.18. The highest BCUT2D eigenvalue weighted by atomic mass is 32.2. The van der Waals surface area contributed by atoms with Crippen LogP contribution < -0.4 is 5.32 Å². The largest absolute Gasteiger partial charge is 0.357 e. The van der Waals surface area contributed by atoms with Crippen molar-refractivity contribution in [3.8, 4) is 0 Å². The van der Waals surface area contributed by atoms with E-state index in [2.05, 4.69) is 25.5 Å². The number of hydrogen-bond donors (Lipinski definition) is 1. The molecule has 2 aromatic heterocycles. The average molecular weight is 315 g/mol. The number of nitrogens with one attached hydrogen (secondary N) is 1. The van der Waals surface area contributed by atoms with Crippen LogP contribution in [0.25, 0.3) is 11.0 Å². The normalized spacial score (nSPS) is 14.5. The number of hydrogen-bond acceptors (Lipinski definition) is 7. The summed E-state index contributed by atoms with van der Waals surface area (Å²) in [5, 5.41) is 13.5. The summed E-state index contributed by atoms with van der Waals surface area (Å²) in [5.41, 5.74) is 2.75. The third kappa shape index (κ3) is 2.84. The van der Waals surface area contributed by atoms with Crippen molar-refractivity contribution in [2.24, 2.45) is 0 Å². The van der Waals surface area contributed by atoms with Crippen LogP contribution in [0.1, 0.15) is 18.5 Å². The number of fused-ring (bicyclic) bond motifs is 1. The molecule has 1 saturated carbocycles. The molecule has 3 aromatic rings. The zero-order valence-electron chi connectivity index (χ0n) is 11.4. The number of anilines is 1. The van der Waals surface area contributed by atoms with Gasteiger partial charge in [-0.1, -0.05) is 23.5 Å². The van der Waals surface area contributed by atoms with Gasteiger partial charge in [0, 0.05) is 6.04 Å². The van der Waals surface area contributed by atoms with Gasteiger partial charge >= 0.3 is 0 Å². The second-order valence-electron chi connectivity index (χ2n) is 5.00. The van der Waals surface area contributed by atoms with Crippen LogP contribution in [0.3, 0.4) is 0 Å². The molecule has 0 unspecified atom stereocenters. The number of rotatable bonds is 4. The number of para-hydroxylation sites is 2. The summed E-state index contributed by atoms with van der Waals surface area (Å²) in [4.78, 5) is 9.27. The second-order valence-corrected chi connectivity index (χ2v) is 7.21. The lowest BCUT2D eigenvalue weighted by atomic mass is 10.3. The Balaban J connectivity index is 1.60. The molecule has 0 aliphatic heterocycles. The highest BCUT2D eigenvalue weighted by Gasteiger charge is 2.22. The fourth-order valence-electron chi connectivity index (χ4n) is 1.96. The van der Waals surface area contributed by atoms with Gasteiger partial charge in [-0.05, 0) is 43.7 Å². The van der Waals surface area contributed by atoms with Crippen LogP contribution in [0.4, 0.5) is 5.13 Å². The Labute approximate surface area is 130 Å². The smallest absolute Gasteiger partial charge is 0.206 e. The van der Waals surface area contributed by atoms with Crippen LogP contribution in [-0.2, 0) is 0 Å². The highest BCUT2D eigenvalue weighted by Crippen LogP contribution is 2.34. The first-order chi connectivity index (χ1) is 10.3. The summed E-state index contributed by atoms with van der Waals surface area (Å²) < 4.78 is 0.894. The van der Waals surface area contributed by atoms with E-state index < -0.39 is 0 Å². The topological polar surface area (TPSA) is 63.6 Å². The minimum atomic E-state index is 0.595. The van der Waals surface area contributed by atoms with Crippen LogP contribution in [0.15, 0.2) is 33.6 Å². The van der Waals surface area contributed by atoms with Crippen LogP contribution in [0, 0.1) is 6.92 Å². The molecule has 5 nitrogen and oxygen atoms in total. The van der Waals surface area contributed by atoms with E-state index >= 15 is 0 Å². The fraction of sp³-hybridized carbons (Fsp3) is 0.286. The van der Waals surface area contributed by atoms with E-state index in [1.165, 1.54) is 24.6 Å². The van der Waals surface area contributed by atoms with E-state index in [1.807, 2.05) is 31.2 Å². The first kappa shape index (κ1) is 13.0. The molecule has 21 heavy (non-hydrogen) atoms. The van der Waals surface area contributed by atoms with Gasteiger partial charge in [-0.25, -0.2) is 9.97 Å². The first-order valence-electron chi connectivity index (χ1n) is 6.79. The van der Waals surface area contributed by atoms with Crippen molar-refractivity contribution in [3.63, 3.8) is 0 Å². The highest BCUT2D eigenvalue weighted by molar-refractivity contribution is 8.01. The second kappa shape index (κ2) is 5.23. The lowest BCUT2D eigenvalue weighted by molar-refractivity contribution is 0.985. The summed E-state index contributed by atoms with van der Waals surface area (Å²) in [5.74, 6) is 0. The summed E-state index contributed by atoms with van der Waals surface area (Å²) in [6.07, 6.45) is 2.47. The van der Waals surface area contributed by atoms with E-state index in [0.717, 1.165) is 31.2 Å². The maximum Gasteiger partial charge on any atom is 0.206 e. The number of benzene rings is 1. The molecule has 0 spiro atoms. The minimum absolute atomic E-state index is 0.595. The first-order valence-corrected chi connectivity index (χ1v) is 8.42. The van der Waals surface area contributed by atoms with Gasteiger partial charge in [-0.3, -0.25) is 0 Å². The zero-order chi connectivity index (χ0) is 14.2. The molecule has 1 fully saturated rings. The van der Waals surface area contributed by atoms with Gasteiger partial charge in [-0.2, -0.15) is 0 Å². The lowest BCUT2D eigenvalue weighted by Gasteiger charge is -2.03. The molecular formula is C14H13N5S2. The van der Waals surface area contributed by atoms with Gasteiger partial charge in [0.05, 0.1) is 16.7 Å². The third-order valence-electron chi connectivity index (χ3n) is 3.20. The van der Waals surface area contributed by atoms with Crippen molar-refractivity contribution in [2.75, 3.05) is 5.32 Å². The van der Waals surface area contributed by atoms with E-state index in [0.29, 0.717) is 6.04 Å². The molecule has 1 aliphatic rings. The summed E-state index contributed by atoms with van der Waals surface area (Å²) in [7, 11) is 0. The number of nitrogens with zero attached hydrogens (tertiary/aromatic N) is 4. The Kier molecular flexibility index (Phi) is 3.23. The van der Waals surface area contributed by atoms with Crippen molar-refractivity contribution in [3.05, 3.63) is 30.0 Å². The molecule has 0 saturated heterocycles. The van der Waals surface area contributed by atoms with E-state index in [9.17, 15) is 0 Å². The van der Waals surface area contributed by atoms with Crippen molar-refractivity contribution in [1.82, 2.24) is 20.2 Å². The van der Waals surface area contributed by atoms with E-state index in [1.54, 1.807) is 11.3 Å². The van der Waals surface area contributed by atoms with Crippen molar-refractivity contribution in [1.29, 1.82) is 0 Å². The number of aromatic nitrogens is 4. The molecular weight excluding hydrogens is 302 g/mol. The Morgan fingerprint density at radius 3 is 2.67 bits per heavy atom. The Morgan fingerprint density at radius 1 is 1.14 bits per heavy atom.